The van der Waals surface area contributed by atoms with E-state index in [9.17, 15) is 18.0 Å². The first kappa shape index (κ1) is 24.2. The minimum Gasteiger partial charge on any atom is -0.453 e. The van der Waals surface area contributed by atoms with Gasteiger partial charge in [0.2, 0.25) is 15.9 Å². The van der Waals surface area contributed by atoms with Gasteiger partial charge in [-0.05, 0) is 18.1 Å². The minimum atomic E-state index is -3.55. The van der Waals surface area contributed by atoms with E-state index < -0.39 is 34.1 Å². The zero-order valence-electron chi connectivity index (χ0n) is 18.2. The van der Waals surface area contributed by atoms with Gasteiger partial charge in [0.05, 0.1) is 25.7 Å². The molecule has 1 fully saturated rings. The van der Waals surface area contributed by atoms with Crippen molar-refractivity contribution in [2.45, 2.75) is 25.9 Å². The Labute approximate surface area is 195 Å². The van der Waals surface area contributed by atoms with Crippen LogP contribution in [0.5, 0.6) is 0 Å². The third kappa shape index (κ3) is 5.30. The summed E-state index contributed by atoms with van der Waals surface area (Å²) in [6.45, 7) is 3.50. The number of hydrogen-bond donors (Lipinski definition) is 2. The summed E-state index contributed by atoms with van der Waals surface area (Å²) in [4.78, 5) is 34.3. The summed E-state index contributed by atoms with van der Waals surface area (Å²) in [6, 6.07) is 6.07. The molecule has 0 spiro atoms. The van der Waals surface area contributed by atoms with Crippen LogP contribution in [0.25, 0.3) is 11.3 Å². The highest BCUT2D eigenvalue weighted by atomic mass is 79.9. The molecule has 1 aromatic carbocycles. The Morgan fingerprint density at radius 3 is 2.50 bits per heavy atom. The van der Waals surface area contributed by atoms with E-state index in [0.717, 1.165) is 16.3 Å². The number of amides is 2. The summed E-state index contributed by atoms with van der Waals surface area (Å²) >= 11 is 3.40. The number of ether oxygens (including phenoxy) is 1. The number of sulfonamides is 1. The summed E-state index contributed by atoms with van der Waals surface area (Å²) in [5.41, 5.74) is 1.55. The van der Waals surface area contributed by atoms with Crippen molar-refractivity contribution in [3.63, 3.8) is 0 Å². The van der Waals surface area contributed by atoms with Crippen molar-refractivity contribution in [1.29, 1.82) is 0 Å². The van der Waals surface area contributed by atoms with Crippen LogP contribution in [0.4, 0.5) is 4.79 Å². The highest BCUT2D eigenvalue weighted by Gasteiger charge is 2.43. The molecule has 1 saturated heterocycles. The van der Waals surface area contributed by atoms with Gasteiger partial charge in [-0.2, -0.15) is 4.31 Å². The number of nitrogens with zero attached hydrogens (tertiary/aromatic N) is 3. The molecule has 0 unspecified atom stereocenters. The molecule has 0 saturated carbocycles. The van der Waals surface area contributed by atoms with Gasteiger partial charge in [0.15, 0.2) is 0 Å². The molecule has 174 valence electrons. The number of aromatic nitrogens is 2. The standard InChI is InChI=1S/C20H26BrN5O5S/c1-12(2)17(24-20(28)31-3)19(27)26-11-25(32(4,29)30)10-16(26)18-22-9-15(23-18)13-5-7-14(21)8-6-13/h5-9,12,16-17H,10-11H2,1-4H3,(H,22,23)(H,24,28)/t16-,17-/m0/s1. The van der Waals surface area contributed by atoms with E-state index in [1.165, 1.54) is 16.3 Å². The molecule has 1 aromatic heterocycles. The average molecular weight is 528 g/mol. The molecule has 2 heterocycles. The topological polar surface area (TPSA) is 125 Å². The number of nitrogens with one attached hydrogen (secondary N) is 2. The normalized spacial score (nSPS) is 18.1. The maximum absolute atomic E-state index is 13.4. The summed E-state index contributed by atoms with van der Waals surface area (Å²) in [5.74, 6) is -0.199. The van der Waals surface area contributed by atoms with Crippen molar-refractivity contribution in [3.8, 4) is 11.3 Å². The molecule has 2 aromatic rings. The molecule has 1 aliphatic rings. The summed E-state index contributed by atoms with van der Waals surface area (Å²) in [7, 11) is -2.34. The van der Waals surface area contributed by atoms with Crippen LogP contribution in [0.2, 0.25) is 0 Å². The van der Waals surface area contributed by atoms with E-state index in [1.807, 2.05) is 24.3 Å². The lowest BCUT2D eigenvalue weighted by Gasteiger charge is -2.29. The number of hydrogen-bond acceptors (Lipinski definition) is 6. The molecule has 2 N–H and O–H groups in total. The van der Waals surface area contributed by atoms with Crippen LogP contribution in [-0.2, 0) is 19.6 Å². The van der Waals surface area contributed by atoms with E-state index in [0.29, 0.717) is 11.5 Å². The molecular formula is C20H26BrN5O5S. The first-order valence-corrected chi connectivity index (χ1v) is 12.6. The van der Waals surface area contributed by atoms with Gasteiger partial charge in [-0.25, -0.2) is 18.2 Å². The number of H-pyrrole nitrogens is 1. The Morgan fingerprint density at radius 1 is 1.28 bits per heavy atom. The van der Waals surface area contributed by atoms with Crippen LogP contribution in [0.1, 0.15) is 25.7 Å². The van der Waals surface area contributed by atoms with E-state index in [2.05, 4.69) is 36.0 Å². The second-order valence-electron chi connectivity index (χ2n) is 7.90. The molecular weight excluding hydrogens is 502 g/mol. The van der Waals surface area contributed by atoms with Gasteiger partial charge in [0.25, 0.3) is 0 Å². The van der Waals surface area contributed by atoms with Crippen LogP contribution in [0.3, 0.4) is 0 Å². The predicted octanol–water partition coefficient (Wildman–Crippen LogP) is 2.32. The van der Waals surface area contributed by atoms with Gasteiger partial charge in [-0.1, -0.05) is 41.9 Å². The van der Waals surface area contributed by atoms with Crippen molar-refractivity contribution >= 4 is 38.0 Å². The molecule has 2 amide bonds. The number of imidazole rings is 1. The van der Waals surface area contributed by atoms with Crippen molar-refractivity contribution in [2.24, 2.45) is 5.92 Å². The number of halogens is 1. The van der Waals surface area contributed by atoms with Gasteiger partial charge in [-0.3, -0.25) is 4.79 Å². The van der Waals surface area contributed by atoms with Gasteiger partial charge < -0.3 is 19.9 Å². The maximum atomic E-state index is 13.4. The lowest BCUT2D eigenvalue weighted by Crippen LogP contribution is -2.51. The SMILES string of the molecule is COC(=O)N[C@H](C(=O)N1CN(S(C)(=O)=O)C[C@H]1c1nc(-c2ccc(Br)cc2)c[nH]1)C(C)C. The molecule has 12 heteroatoms. The van der Waals surface area contributed by atoms with Crippen molar-refractivity contribution in [2.75, 3.05) is 26.6 Å². The Morgan fingerprint density at radius 2 is 1.94 bits per heavy atom. The molecule has 10 nitrogen and oxygen atoms in total. The van der Waals surface area contributed by atoms with Crippen LogP contribution in [0, 0.1) is 5.92 Å². The molecule has 2 atom stereocenters. The Kier molecular flexibility index (Phi) is 7.25. The van der Waals surface area contributed by atoms with Crippen molar-refractivity contribution < 1.29 is 22.7 Å². The zero-order valence-corrected chi connectivity index (χ0v) is 20.6. The molecule has 32 heavy (non-hydrogen) atoms. The summed E-state index contributed by atoms with van der Waals surface area (Å²) < 4.78 is 31.3. The third-order valence-electron chi connectivity index (χ3n) is 5.26. The Hall–Kier alpha value is -2.44. The number of carbonyl (C=O) groups is 2. The fourth-order valence-electron chi connectivity index (χ4n) is 3.47. The molecule has 0 aliphatic carbocycles. The van der Waals surface area contributed by atoms with E-state index in [1.54, 1.807) is 20.0 Å². The van der Waals surface area contributed by atoms with Gasteiger partial charge >= 0.3 is 6.09 Å². The number of carbonyl (C=O) groups excluding carboxylic acids is 2. The predicted molar refractivity (Wildman–Crippen MR) is 122 cm³/mol. The molecule has 0 radical (unpaired) electrons. The van der Waals surface area contributed by atoms with Crippen LogP contribution < -0.4 is 5.32 Å². The molecule has 0 bridgehead atoms. The molecule has 3 rings (SSSR count). The highest BCUT2D eigenvalue weighted by molar-refractivity contribution is 9.10. The van der Waals surface area contributed by atoms with Crippen LogP contribution >= 0.6 is 15.9 Å². The number of rotatable bonds is 6. The number of alkyl carbamates (subject to hydrolysis) is 1. The van der Waals surface area contributed by atoms with E-state index >= 15 is 0 Å². The lowest BCUT2D eigenvalue weighted by atomic mass is 10.0. The fraction of sp³-hybridized carbons (Fsp3) is 0.450. The molecule has 1 aliphatic heterocycles. The highest BCUT2D eigenvalue weighted by Crippen LogP contribution is 2.31. The monoisotopic (exact) mass is 527 g/mol. The second kappa shape index (κ2) is 9.59. The fourth-order valence-corrected chi connectivity index (χ4v) is 4.48. The quantitative estimate of drug-likeness (QED) is 0.593. The maximum Gasteiger partial charge on any atom is 0.407 e. The van der Waals surface area contributed by atoms with Gasteiger partial charge in [0, 0.05) is 22.8 Å². The number of methoxy groups -OCH3 is 1. The van der Waals surface area contributed by atoms with Gasteiger partial charge in [-0.15, -0.1) is 0 Å². The summed E-state index contributed by atoms with van der Waals surface area (Å²) in [6.07, 6.45) is 2.08. The number of benzene rings is 1. The van der Waals surface area contributed by atoms with Crippen LogP contribution in [-0.4, -0.2) is 72.2 Å². The first-order chi connectivity index (χ1) is 15.0. The number of aromatic amines is 1. The average Bonchev–Trinajstić information content (AvgIpc) is 3.38. The lowest BCUT2D eigenvalue weighted by molar-refractivity contribution is -0.135. The smallest absolute Gasteiger partial charge is 0.407 e. The minimum absolute atomic E-state index is 0.0565. The second-order valence-corrected chi connectivity index (χ2v) is 10.8. The first-order valence-electron chi connectivity index (χ1n) is 9.92. The van der Waals surface area contributed by atoms with Crippen LogP contribution in [0.15, 0.2) is 34.9 Å². The van der Waals surface area contributed by atoms with Gasteiger partial charge in [0.1, 0.15) is 17.9 Å². The zero-order chi connectivity index (χ0) is 23.6. The third-order valence-corrected chi connectivity index (χ3v) is 6.99. The van der Waals surface area contributed by atoms with E-state index in [-0.39, 0.29) is 19.1 Å². The Balaban J connectivity index is 1.93. The summed E-state index contributed by atoms with van der Waals surface area (Å²) in [5, 5.41) is 2.55. The largest absolute Gasteiger partial charge is 0.453 e. The Bertz CT molecular complexity index is 1090. The van der Waals surface area contributed by atoms with Crippen molar-refractivity contribution in [3.05, 3.63) is 40.8 Å². The van der Waals surface area contributed by atoms with Crippen molar-refractivity contribution in [1.82, 2.24) is 24.5 Å². The van der Waals surface area contributed by atoms with E-state index in [4.69, 9.17) is 0 Å².